The summed E-state index contributed by atoms with van der Waals surface area (Å²) >= 11 is 0. The Bertz CT molecular complexity index is 273. The van der Waals surface area contributed by atoms with Gasteiger partial charge in [0.25, 0.3) is 0 Å². The summed E-state index contributed by atoms with van der Waals surface area (Å²) in [6.45, 7) is 10.3. The van der Waals surface area contributed by atoms with Gasteiger partial charge in [-0.15, -0.1) is 0 Å². The van der Waals surface area contributed by atoms with Crippen molar-refractivity contribution in [2.24, 2.45) is 5.73 Å². The van der Waals surface area contributed by atoms with E-state index in [1.165, 1.54) is 0 Å². The molecule has 0 aliphatic rings. The molecule has 0 fully saturated rings. The summed E-state index contributed by atoms with van der Waals surface area (Å²) in [4.78, 5) is 25.4. The Morgan fingerprint density at radius 3 is 2.12 bits per heavy atom. The van der Waals surface area contributed by atoms with E-state index in [1.54, 1.807) is 18.7 Å². The minimum Gasteiger partial charge on any atom is -0.343 e. The van der Waals surface area contributed by atoms with Crippen LogP contribution in [0.5, 0.6) is 0 Å². The number of hydrogen-bond acceptors (Lipinski definition) is 3. The first-order valence-corrected chi connectivity index (χ1v) is 6.18. The molecule has 0 rings (SSSR count). The minimum atomic E-state index is -0.919. The van der Waals surface area contributed by atoms with Crippen molar-refractivity contribution in [3.8, 4) is 0 Å². The molecule has 3 N–H and O–H groups in total. The van der Waals surface area contributed by atoms with Crippen molar-refractivity contribution in [1.29, 1.82) is 0 Å². The fraction of sp³-hybridized carbons (Fsp3) is 0.833. The number of carbonyl (C=O) groups excluding carboxylic acids is 2. The largest absolute Gasteiger partial charge is 0.343 e. The van der Waals surface area contributed by atoms with Gasteiger partial charge in [0.05, 0.1) is 5.54 Å². The summed E-state index contributed by atoms with van der Waals surface area (Å²) < 4.78 is 0. The molecule has 100 valence electrons. The fourth-order valence-electron chi connectivity index (χ4n) is 1.39. The van der Waals surface area contributed by atoms with Crippen LogP contribution in [0, 0.1) is 0 Å². The van der Waals surface area contributed by atoms with Crippen LogP contribution in [0.4, 0.5) is 0 Å². The van der Waals surface area contributed by atoms with Crippen molar-refractivity contribution in [1.82, 2.24) is 10.2 Å². The number of hydrogen-bond donors (Lipinski definition) is 2. The lowest BCUT2D eigenvalue weighted by Gasteiger charge is -2.27. The van der Waals surface area contributed by atoms with E-state index >= 15 is 0 Å². The Hall–Kier alpha value is -1.10. The van der Waals surface area contributed by atoms with E-state index in [0.717, 1.165) is 0 Å². The van der Waals surface area contributed by atoms with Gasteiger partial charge < -0.3 is 16.0 Å². The molecule has 0 spiro atoms. The predicted octanol–water partition coefficient (Wildman–Crippen LogP) is 0.487. The molecule has 0 aromatic heterocycles. The standard InChI is InChI=1S/C12H25N3O2/c1-6-12(5,13)11(17)14-9(4)10(16)15(7-2)8-3/h9H,6-8,13H2,1-5H3,(H,14,17). The van der Waals surface area contributed by atoms with Gasteiger partial charge >= 0.3 is 0 Å². The van der Waals surface area contributed by atoms with E-state index < -0.39 is 11.6 Å². The normalized spacial score (nSPS) is 15.9. The van der Waals surface area contributed by atoms with Crippen LogP contribution in [0.1, 0.15) is 41.0 Å². The first kappa shape index (κ1) is 15.9. The molecule has 0 bridgehead atoms. The second kappa shape index (κ2) is 6.59. The molecule has 0 heterocycles. The monoisotopic (exact) mass is 243 g/mol. The maximum Gasteiger partial charge on any atom is 0.244 e. The maximum atomic E-state index is 11.9. The summed E-state index contributed by atoms with van der Waals surface area (Å²) in [7, 11) is 0. The van der Waals surface area contributed by atoms with Crippen LogP contribution in [0.15, 0.2) is 0 Å². The molecular formula is C12H25N3O2. The van der Waals surface area contributed by atoms with E-state index in [0.29, 0.717) is 19.5 Å². The third-order valence-corrected chi connectivity index (χ3v) is 3.05. The van der Waals surface area contributed by atoms with Crippen molar-refractivity contribution in [3.63, 3.8) is 0 Å². The van der Waals surface area contributed by atoms with E-state index in [-0.39, 0.29) is 11.8 Å². The van der Waals surface area contributed by atoms with Crippen LogP contribution in [-0.2, 0) is 9.59 Å². The third kappa shape index (κ3) is 4.34. The minimum absolute atomic E-state index is 0.0738. The molecular weight excluding hydrogens is 218 g/mol. The summed E-state index contributed by atoms with van der Waals surface area (Å²) in [5.74, 6) is -0.358. The summed E-state index contributed by atoms with van der Waals surface area (Å²) in [6.07, 6.45) is 0.533. The van der Waals surface area contributed by atoms with Crippen LogP contribution in [0.25, 0.3) is 0 Å². The first-order valence-electron chi connectivity index (χ1n) is 6.18. The predicted molar refractivity (Wildman–Crippen MR) is 68.4 cm³/mol. The van der Waals surface area contributed by atoms with Crippen molar-refractivity contribution in [3.05, 3.63) is 0 Å². The molecule has 0 saturated carbocycles. The van der Waals surface area contributed by atoms with E-state index in [4.69, 9.17) is 5.73 Å². The van der Waals surface area contributed by atoms with Gasteiger partial charge in [0.15, 0.2) is 0 Å². The number of likely N-dealkylation sites (N-methyl/N-ethyl adjacent to an activating group) is 1. The second-order valence-electron chi connectivity index (χ2n) is 4.48. The SMILES string of the molecule is CCN(CC)C(=O)C(C)NC(=O)C(C)(N)CC. The van der Waals surface area contributed by atoms with E-state index in [2.05, 4.69) is 5.32 Å². The van der Waals surface area contributed by atoms with Gasteiger partial charge in [0.1, 0.15) is 6.04 Å². The Labute approximate surface area is 104 Å². The molecule has 5 nitrogen and oxygen atoms in total. The highest BCUT2D eigenvalue weighted by atomic mass is 16.2. The Balaban J connectivity index is 4.50. The van der Waals surface area contributed by atoms with Crippen LogP contribution in [0.2, 0.25) is 0 Å². The van der Waals surface area contributed by atoms with Gasteiger partial charge in [-0.25, -0.2) is 0 Å². The number of amides is 2. The van der Waals surface area contributed by atoms with Crippen LogP contribution in [-0.4, -0.2) is 41.4 Å². The second-order valence-corrected chi connectivity index (χ2v) is 4.48. The van der Waals surface area contributed by atoms with Crippen molar-refractivity contribution in [2.75, 3.05) is 13.1 Å². The molecule has 0 radical (unpaired) electrons. The average Bonchev–Trinajstić information content (AvgIpc) is 2.30. The highest BCUT2D eigenvalue weighted by Gasteiger charge is 2.29. The van der Waals surface area contributed by atoms with Gasteiger partial charge in [-0.3, -0.25) is 9.59 Å². The molecule has 5 heteroatoms. The van der Waals surface area contributed by atoms with Gasteiger partial charge in [-0.2, -0.15) is 0 Å². The quantitative estimate of drug-likeness (QED) is 0.713. The fourth-order valence-corrected chi connectivity index (χ4v) is 1.39. The number of nitrogens with two attached hydrogens (primary N) is 1. The van der Waals surface area contributed by atoms with Crippen LogP contribution >= 0.6 is 0 Å². The average molecular weight is 243 g/mol. The van der Waals surface area contributed by atoms with E-state index in [1.807, 2.05) is 20.8 Å². The lowest BCUT2D eigenvalue weighted by atomic mass is 9.99. The van der Waals surface area contributed by atoms with Gasteiger partial charge in [-0.05, 0) is 34.1 Å². The van der Waals surface area contributed by atoms with Crippen LogP contribution in [0.3, 0.4) is 0 Å². The maximum absolute atomic E-state index is 11.9. The molecule has 2 unspecified atom stereocenters. The zero-order chi connectivity index (χ0) is 13.6. The third-order valence-electron chi connectivity index (χ3n) is 3.05. The smallest absolute Gasteiger partial charge is 0.244 e. The molecule has 0 aromatic carbocycles. The molecule has 0 aliphatic carbocycles. The number of rotatable bonds is 6. The lowest BCUT2D eigenvalue weighted by Crippen LogP contribution is -2.56. The summed E-state index contributed by atoms with van der Waals surface area (Å²) in [5, 5.41) is 2.66. The number of carbonyl (C=O) groups is 2. The molecule has 0 aliphatic heterocycles. The van der Waals surface area contributed by atoms with Gasteiger partial charge in [0.2, 0.25) is 11.8 Å². The first-order chi connectivity index (χ1) is 7.80. The Morgan fingerprint density at radius 1 is 1.29 bits per heavy atom. The zero-order valence-corrected chi connectivity index (χ0v) is 11.5. The van der Waals surface area contributed by atoms with Crippen molar-refractivity contribution in [2.45, 2.75) is 52.6 Å². The molecule has 17 heavy (non-hydrogen) atoms. The van der Waals surface area contributed by atoms with Crippen molar-refractivity contribution >= 4 is 11.8 Å². The number of nitrogens with one attached hydrogen (secondary N) is 1. The highest BCUT2D eigenvalue weighted by molar-refractivity contribution is 5.91. The van der Waals surface area contributed by atoms with Gasteiger partial charge in [0, 0.05) is 13.1 Å². The summed E-state index contributed by atoms with van der Waals surface area (Å²) in [6, 6.07) is -0.531. The highest BCUT2D eigenvalue weighted by Crippen LogP contribution is 2.05. The molecule has 2 amide bonds. The van der Waals surface area contributed by atoms with E-state index in [9.17, 15) is 9.59 Å². The molecule has 0 saturated heterocycles. The molecule has 2 atom stereocenters. The Kier molecular flexibility index (Phi) is 6.16. The topological polar surface area (TPSA) is 75.4 Å². The summed E-state index contributed by atoms with van der Waals surface area (Å²) in [5.41, 5.74) is 4.89. The zero-order valence-electron chi connectivity index (χ0n) is 11.5. The Morgan fingerprint density at radius 2 is 1.76 bits per heavy atom. The van der Waals surface area contributed by atoms with Gasteiger partial charge in [-0.1, -0.05) is 6.92 Å². The lowest BCUT2D eigenvalue weighted by molar-refractivity contribution is -0.137. The van der Waals surface area contributed by atoms with Crippen LogP contribution < -0.4 is 11.1 Å². The van der Waals surface area contributed by atoms with Crippen molar-refractivity contribution < 1.29 is 9.59 Å². The molecule has 0 aromatic rings. The number of nitrogens with zero attached hydrogens (tertiary/aromatic N) is 1.